The number of methoxy groups -OCH3 is 1. The summed E-state index contributed by atoms with van der Waals surface area (Å²) in [6, 6.07) is 8.11. The minimum atomic E-state index is -0.890. The van der Waals surface area contributed by atoms with Gasteiger partial charge in [0, 0.05) is 23.9 Å². The van der Waals surface area contributed by atoms with Crippen LogP contribution in [0.2, 0.25) is 0 Å². The second-order valence-electron chi connectivity index (χ2n) is 4.73. The topological polar surface area (TPSA) is 163 Å². The van der Waals surface area contributed by atoms with E-state index in [1.165, 1.54) is 13.2 Å². The summed E-state index contributed by atoms with van der Waals surface area (Å²) in [4.78, 5) is 32.6. The number of nitro benzene ring substituents is 2. The third-order valence-electron chi connectivity index (χ3n) is 3.22. The van der Waals surface area contributed by atoms with Gasteiger partial charge in [-0.3, -0.25) is 30.4 Å². The zero-order chi connectivity index (χ0) is 18.6. The molecule has 0 aromatic heterocycles. The van der Waals surface area contributed by atoms with Crippen LogP contribution < -0.4 is 21.3 Å². The Morgan fingerprint density at radius 3 is 2.20 bits per heavy atom. The molecule has 2 aromatic carbocycles. The highest BCUT2D eigenvalue weighted by atomic mass is 16.6. The van der Waals surface area contributed by atoms with Crippen molar-refractivity contribution >= 4 is 28.7 Å². The second-order valence-corrected chi connectivity index (χ2v) is 4.73. The van der Waals surface area contributed by atoms with E-state index in [0.717, 1.165) is 12.1 Å². The van der Waals surface area contributed by atoms with Crippen LogP contribution in [-0.2, 0) is 0 Å². The number of rotatable bonds is 6. The summed E-state index contributed by atoms with van der Waals surface area (Å²) in [5, 5.41) is 25.3. The Morgan fingerprint density at radius 1 is 1.12 bits per heavy atom. The fraction of sp³-hybridized carbons (Fsp3) is 0.0714. The van der Waals surface area contributed by atoms with Crippen LogP contribution in [0, 0.1) is 20.2 Å². The van der Waals surface area contributed by atoms with Gasteiger partial charge < -0.3 is 10.1 Å². The molecule has 2 aromatic rings. The van der Waals surface area contributed by atoms with Gasteiger partial charge in [0.1, 0.15) is 5.75 Å². The summed E-state index contributed by atoms with van der Waals surface area (Å²) in [6.45, 7) is 0. The number of nitro groups is 2. The first-order valence-electron chi connectivity index (χ1n) is 6.76. The van der Waals surface area contributed by atoms with Gasteiger partial charge in [0.15, 0.2) is 5.69 Å². The molecule has 130 valence electrons. The van der Waals surface area contributed by atoms with Crippen molar-refractivity contribution in [1.82, 2.24) is 5.43 Å². The molecule has 0 saturated carbocycles. The third kappa shape index (κ3) is 3.79. The maximum absolute atomic E-state index is 11.6. The van der Waals surface area contributed by atoms with Crippen molar-refractivity contribution in [2.75, 3.05) is 12.4 Å². The summed E-state index contributed by atoms with van der Waals surface area (Å²) in [6.07, 6.45) is 0. The summed E-state index contributed by atoms with van der Waals surface area (Å²) >= 11 is 0. The van der Waals surface area contributed by atoms with Crippen molar-refractivity contribution in [3.05, 3.63) is 62.2 Å². The highest BCUT2D eigenvalue weighted by molar-refractivity contribution is 5.97. The number of hydrazine groups is 1. The maximum atomic E-state index is 11.6. The first-order chi connectivity index (χ1) is 11.9. The largest absolute Gasteiger partial charge is 0.497 e. The normalized spacial score (nSPS) is 10.0. The lowest BCUT2D eigenvalue weighted by molar-refractivity contribution is -0.392. The van der Waals surface area contributed by atoms with E-state index in [4.69, 9.17) is 10.6 Å². The zero-order valence-corrected chi connectivity index (χ0v) is 12.9. The highest BCUT2D eigenvalue weighted by Gasteiger charge is 2.28. The van der Waals surface area contributed by atoms with Crippen LogP contribution in [0.1, 0.15) is 10.4 Å². The number of nitrogens with one attached hydrogen (secondary N) is 2. The van der Waals surface area contributed by atoms with Crippen LogP contribution in [-0.4, -0.2) is 22.9 Å². The van der Waals surface area contributed by atoms with E-state index >= 15 is 0 Å². The number of benzene rings is 2. The molecule has 4 N–H and O–H groups in total. The molecule has 0 saturated heterocycles. The maximum Gasteiger partial charge on any atom is 0.300 e. The molecule has 1 amide bonds. The van der Waals surface area contributed by atoms with Crippen LogP contribution in [0.3, 0.4) is 0 Å². The van der Waals surface area contributed by atoms with Crippen molar-refractivity contribution in [2.45, 2.75) is 0 Å². The average molecular weight is 347 g/mol. The van der Waals surface area contributed by atoms with Crippen LogP contribution in [0.4, 0.5) is 22.7 Å². The molecular weight excluding hydrogens is 334 g/mol. The van der Waals surface area contributed by atoms with Gasteiger partial charge in [-0.1, -0.05) is 6.07 Å². The number of anilines is 2. The fourth-order valence-corrected chi connectivity index (χ4v) is 2.09. The zero-order valence-electron chi connectivity index (χ0n) is 12.9. The number of ether oxygens (including phenoxy) is 1. The number of carbonyl (C=O) groups is 1. The number of hydrogen-bond donors (Lipinski definition) is 3. The first kappa shape index (κ1) is 17.6. The standard InChI is InChI=1S/C14H13N5O6/c1-25-10-4-2-3-9(7-10)16-13-11(18(21)22)5-8(14(20)17-15)6-12(13)19(23)24/h2-7,16H,15H2,1H3,(H,17,20). The van der Waals surface area contributed by atoms with Gasteiger partial charge in [0.05, 0.1) is 22.5 Å². The molecule has 0 spiro atoms. The molecule has 11 heteroatoms. The molecule has 0 aliphatic heterocycles. The molecule has 0 heterocycles. The number of nitrogens with two attached hydrogens (primary N) is 1. The Balaban J connectivity index is 2.63. The van der Waals surface area contributed by atoms with Crippen molar-refractivity contribution < 1.29 is 19.4 Å². The van der Waals surface area contributed by atoms with Gasteiger partial charge >= 0.3 is 11.4 Å². The summed E-state index contributed by atoms with van der Waals surface area (Å²) in [5.41, 5.74) is 0.153. The van der Waals surface area contributed by atoms with Crippen molar-refractivity contribution in [3.8, 4) is 5.75 Å². The highest BCUT2D eigenvalue weighted by Crippen LogP contribution is 2.38. The van der Waals surface area contributed by atoms with Crippen molar-refractivity contribution in [1.29, 1.82) is 0 Å². The SMILES string of the molecule is COc1cccc(Nc2c([N+](=O)[O-])cc(C(=O)NN)cc2[N+](=O)[O-])c1. The van der Waals surface area contributed by atoms with Crippen LogP contribution in [0.5, 0.6) is 5.75 Å². The molecule has 2 rings (SSSR count). The van der Waals surface area contributed by atoms with Gasteiger partial charge in [-0.2, -0.15) is 0 Å². The van der Waals surface area contributed by atoms with Crippen molar-refractivity contribution in [2.24, 2.45) is 5.84 Å². The number of hydrogen-bond acceptors (Lipinski definition) is 8. The monoisotopic (exact) mass is 347 g/mol. The molecule has 0 radical (unpaired) electrons. The number of nitrogens with zero attached hydrogens (tertiary/aromatic N) is 2. The lowest BCUT2D eigenvalue weighted by Crippen LogP contribution is -2.30. The molecule has 0 bridgehead atoms. The van der Waals surface area contributed by atoms with E-state index in [1.54, 1.807) is 23.6 Å². The number of nitrogen functional groups attached to an aromatic ring is 1. The Morgan fingerprint density at radius 2 is 1.72 bits per heavy atom. The van der Waals surface area contributed by atoms with E-state index in [0.29, 0.717) is 11.4 Å². The molecule has 0 atom stereocenters. The van der Waals surface area contributed by atoms with Gasteiger partial charge in [0.25, 0.3) is 5.91 Å². The minimum absolute atomic E-state index is 0.308. The van der Waals surface area contributed by atoms with Crippen molar-refractivity contribution in [3.63, 3.8) is 0 Å². The second kappa shape index (κ2) is 7.23. The summed E-state index contributed by atoms with van der Waals surface area (Å²) < 4.78 is 5.04. The Labute approximate surface area is 140 Å². The average Bonchev–Trinajstić information content (AvgIpc) is 2.60. The van der Waals surface area contributed by atoms with E-state index in [1.807, 2.05) is 0 Å². The van der Waals surface area contributed by atoms with E-state index in [2.05, 4.69) is 5.32 Å². The van der Waals surface area contributed by atoms with Gasteiger partial charge in [-0.25, -0.2) is 5.84 Å². The lowest BCUT2D eigenvalue weighted by Gasteiger charge is -2.10. The number of carbonyl (C=O) groups excluding carboxylic acids is 1. The first-order valence-corrected chi connectivity index (χ1v) is 6.76. The van der Waals surface area contributed by atoms with Crippen LogP contribution in [0.25, 0.3) is 0 Å². The van der Waals surface area contributed by atoms with Crippen LogP contribution >= 0.6 is 0 Å². The fourth-order valence-electron chi connectivity index (χ4n) is 2.09. The predicted molar refractivity (Wildman–Crippen MR) is 87.7 cm³/mol. The number of amides is 1. The molecule has 25 heavy (non-hydrogen) atoms. The third-order valence-corrected chi connectivity index (χ3v) is 3.22. The van der Waals surface area contributed by atoms with E-state index in [9.17, 15) is 25.0 Å². The molecule has 0 fully saturated rings. The Bertz CT molecular complexity index is 818. The van der Waals surface area contributed by atoms with Crippen LogP contribution in [0.15, 0.2) is 36.4 Å². The van der Waals surface area contributed by atoms with Gasteiger partial charge in [-0.05, 0) is 12.1 Å². The van der Waals surface area contributed by atoms with E-state index in [-0.39, 0.29) is 11.3 Å². The summed E-state index contributed by atoms with van der Waals surface area (Å²) in [7, 11) is 1.43. The quantitative estimate of drug-likeness (QED) is 0.308. The molecule has 0 aliphatic rings. The summed E-state index contributed by atoms with van der Waals surface area (Å²) in [5.74, 6) is 4.54. The molecule has 0 aliphatic carbocycles. The Kier molecular flexibility index (Phi) is 5.09. The minimum Gasteiger partial charge on any atom is -0.497 e. The smallest absolute Gasteiger partial charge is 0.300 e. The van der Waals surface area contributed by atoms with Gasteiger partial charge in [-0.15, -0.1) is 0 Å². The van der Waals surface area contributed by atoms with Gasteiger partial charge in [0.2, 0.25) is 0 Å². The molecular formula is C14H13N5O6. The molecule has 0 unspecified atom stereocenters. The van der Waals surface area contributed by atoms with E-state index < -0.39 is 27.1 Å². The molecule has 11 nitrogen and oxygen atoms in total. The predicted octanol–water partition coefficient (Wildman–Crippen LogP) is 1.86. The lowest BCUT2D eigenvalue weighted by atomic mass is 10.1. The Hall–Kier alpha value is -3.73.